The zero-order valence-corrected chi connectivity index (χ0v) is 15.3. The fraction of sp³-hybridized carbons (Fsp3) is 0.294. The van der Waals surface area contributed by atoms with E-state index in [0.717, 1.165) is 28.1 Å². The van der Waals surface area contributed by atoms with E-state index in [-0.39, 0.29) is 0 Å². The number of thiazole rings is 2. The molecule has 0 radical (unpaired) electrons. The van der Waals surface area contributed by atoms with E-state index in [2.05, 4.69) is 32.8 Å². The van der Waals surface area contributed by atoms with Gasteiger partial charge in [0.05, 0.1) is 11.9 Å². The smallest absolute Gasteiger partial charge is 0.145 e. The van der Waals surface area contributed by atoms with Crippen molar-refractivity contribution in [2.75, 3.05) is 23.7 Å². The lowest BCUT2D eigenvalue weighted by atomic mass is 10.1. The Morgan fingerprint density at radius 1 is 1.36 bits per heavy atom. The number of hydrogen-bond donors (Lipinski definition) is 1. The van der Waals surface area contributed by atoms with Gasteiger partial charge in [-0.25, -0.2) is 15.0 Å². The number of nitrogens with zero attached hydrogens (tertiary/aromatic N) is 5. The van der Waals surface area contributed by atoms with Crippen LogP contribution in [0.3, 0.4) is 0 Å². The highest BCUT2D eigenvalue weighted by Gasteiger charge is 2.23. The maximum atomic E-state index is 9.52. The average Bonchev–Trinajstić information content (AvgIpc) is 3.35. The Morgan fingerprint density at radius 3 is 2.92 bits per heavy atom. The van der Waals surface area contributed by atoms with Gasteiger partial charge in [-0.05, 0) is 18.4 Å². The third-order valence-electron chi connectivity index (χ3n) is 4.24. The average molecular weight is 368 g/mol. The van der Waals surface area contributed by atoms with E-state index in [4.69, 9.17) is 5.73 Å². The first-order valence-corrected chi connectivity index (χ1v) is 9.67. The van der Waals surface area contributed by atoms with E-state index in [1.165, 1.54) is 17.8 Å². The van der Waals surface area contributed by atoms with Crippen LogP contribution in [0, 0.1) is 17.2 Å². The highest BCUT2D eigenvalue weighted by molar-refractivity contribution is 7.19. The van der Waals surface area contributed by atoms with Crippen LogP contribution in [0.15, 0.2) is 23.8 Å². The summed E-state index contributed by atoms with van der Waals surface area (Å²) in [5, 5.41) is 14.0. The first-order chi connectivity index (χ1) is 12.2. The molecule has 1 unspecified atom stereocenters. The summed E-state index contributed by atoms with van der Waals surface area (Å²) < 4.78 is 0. The molecular formula is C17H16N6S2. The minimum atomic E-state index is 0.371. The molecule has 6 nitrogen and oxygen atoms in total. The van der Waals surface area contributed by atoms with Gasteiger partial charge < -0.3 is 10.6 Å². The lowest BCUT2D eigenvalue weighted by Gasteiger charge is -2.14. The second-order valence-electron chi connectivity index (χ2n) is 6.11. The Morgan fingerprint density at radius 2 is 2.24 bits per heavy atom. The van der Waals surface area contributed by atoms with Crippen molar-refractivity contribution in [3.8, 4) is 27.5 Å². The lowest BCUT2D eigenvalue weighted by molar-refractivity contribution is 0.659. The first kappa shape index (κ1) is 16.0. The number of nitriles is 1. The minimum Gasteiger partial charge on any atom is -0.398 e. The van der Waals surface area contributed by atoms with E-state index in [9.17, 15) is 5.26 Å². The van der Waals surface area contributed by atoms with Gasteiger partial charge in [0.1, 0.15) is 38.0 Å². The molecule has 1 fully saturated rings. The van der Waals surface area contributed by atoms with Crippen molar-refractivity contribution in [1.29, 1.82) is 5.26 Å². The van der Waals surface area contributed by atoms with Gasteiger partial charge in [0.2, 0.25) is 0 Å². The van der Waals surface area contributed by atoms with Gasteiger partial charge >= 0.3 is 0 Å². The Kier molecular flexibility index (Phi) is 4.11. The summed E-state index contributed by atoms with van der Waals surface area (Å²) in [6.07, 6.45) is 4.79. The zero-order valence-electron chi connectivity index (χ0n) is 13.6. The standard InChI is InChI=1S/C17H16N6S2/c1-10-2-4-23(9-10)14-8-21-17(25-14)15-11(7-18)12(19)6-13(22-15)16-20-3-5-24-16/h3,5-6,8,10H,2,4,9H2,1H3,(H2,19,22). The molecule has 0 saturated carbocycles. The molecule has 0 aliphatic carbocycles. The van der Waals surface area contributed by atoms with Gasteiger partial charge in [-0.3, -0.25) is 0 Å². The molecule has 1 aliphatic rings. The van der Waals surface area contributed by atoms with Crippen molar-refractivity contribution in [1.82, 2.24) is 15.0 Å². The Hall–Kier alpha value is -2.50. The second-order valence-corrected chi connectivity index (χ2v) is 8.02. The zero-order chi connectivity index (χ0) is 17.4. The van der Waals surface area contributed by atoms with Gasteiger partial charge in [-0.1, -0.05) is 18.3 Å². The van der Waals surface area contributed by atoms with Crippen LogP contribution in [0.4, 0.5) is 10.7 Å². The molecule has 4 rings (SSSR count). The van der Waals surface area contributed by atoms with Crippen molar-refractivity contribution < 1.29 is 0 Å². The molecule has 4 heterocycles. The summed E-state index contributed by atoms with van der Waals surface area (Å²) in [5.74, 6) is 0.696. The third kappa shape index (κ3) is 2.97. The number of aromatic nitrogens is 3. The van der Waals surface area contributed by atoms with E-state index >= 15 is 0 Å². The van der Waals surface area contributed by atoms with Crippen molar-refractivity contribution in [3.63, 3.8) is 0 Å². The highest BCUT2D eigenvalue weighted by atomic mass is 32.1. The number of nitrogen functional groups attached to an aromatic ring is 1. The summed E-state index contributed by atoms with van der Waals surface area (Å²) in [4.78, 5) is 15.8. The summed E-state index contributed by atoms with van der Waals surface area (Å²) in [6.45, 7) is 4.35. The monoisotopic (exact) mass is 368 g/mol. The quantitative estimate of drug-likeness (QED) is 0.759. The van der Waals surface area contributed by atoms with Gasteiger partial charge in [0.25, 0.3) is 0 Å². The van der Waals surface area contributed by atoms with Crippen LogP contribution in [0.1, 0.15) is 18.9 Å². The molecule has 8 heteroatoms. The second kappa shape index (κ2) is 6.43. The van der Waals surface area contributed by atoms with E-state index in [1.54, 1.807) is 23.6 Å². The number of nitrogens with two attached hydrogens (primary N) is 1. The number of anilines is 2. The van der Waals surface area contributed by atoms with Gasteiger partial charge in [-0.2, -0.15) is 5.26 Å². The van der Waals surface area contributed by atoms with Crippen LogP contribution in [-0.4, -0.2) is 28.0 Å². The summed E-state index contributed by atoms with van der Waals surface area (Å²) in [6, 6.07) is 3.88. The molecule has 0 amide bonds. The molecule has 0 aromatic carbocycles. The number of hydrogen-bond acceptors (Lipinski definition) is 8. The highest BCUT2D eigenvalue weighted by Crippen LogP contribution is 2.37. The number of pyridine rings is 1. The van der Waals surface area contributed by atoms with Gasteiger partial charge in [-0.15, -0.1) is 11.3 Å². The normalized spacial score (nSPS) is 17.0. The van der Waals surface area contributed by atoms with Crippen LogP contribution >= 0.6 is 22.7 Å². The molecule has 2 N–H and O–H groups in total. The molecule has 1 aliphatic heterocycles. The van der Waals surface area contributed by atoms with Crippen LogP contribution in [0.2, 0.25) is 0 Å². The molecule has 1 atom stereocenters. The van der Waals surface area contributed by atoms with Crippen molar-refractivity contribution in [2.24, 2.45) is 5.92 Å². The van der Waals surface area contributed by atoms with E-state index in [1.807, 2.05) is 11.6 Å². The van der Waals surface area contributed by atoms with Crippen molar-refractivity contribution >= 4 is 33.4 Å². The summed E-state index contributed by atoms with van der Waals surface area (Å²) in [7, 11) is 0. The summed E-state index contributed by atoms with van der Waals surface area (Å²) >= 11 is 3.05. The van der Waals surface area contributed by atoms with Gasteiger partial charge in [0, 0.05) is 24.7 Å². The van der Waals surface area contributed by atoms with Crippen molar-refractivity contribution in [3.05, 3.63) is 29.4 Å². The van der Waals surface area contributed by atoms with Crippen molar-refractivity contribution in [2.45, 2.75) is 13.3 Å². The maximum Gasteiger partial charge on any atom is 0.145 e. The SMILES string of the molecule is CC1CCN(c2cnc(-c3nc(-c4nccs4)cc(N)c3C#N)s2)C1. The van der Waals surface area contributed by atoms with Gasteiger partial charge in [0.15, 0.2) is 0 Å². The molecule has 0 bridgehead atoms. The van der Waals surface area contributed by atoms with Crippen LogP contribution in [0.25, 0.3) is 21.4 Å². The summed E-state index contributed by atoms with van der Waals surface area (Å²) in [5.41, 5.74) is 8.09. The molecule has 3 aromatic rings. The Labute approximate surface area is 153 Å². The van der Waals surface area contributed by atoms with Crippen LogP contribution in [-0.2, 0) is 0 Å². The molecule has 3 aromatic heterocycles. The van der Waals surface area contributed by atoms with E-state index < -0.39 is 0 Å². The maximum absolute atomic E-state index is 9.52. The Bertz CT molecular complexity index is 941. The van der Waals surface area contributed by atoms with E-state index in [0.29, 0.717) is 28.6 Å². The predicted molar refractivity (Wildman–Crippen MR) is 102 cm³/mol. The largest absolute Gasteiger partial charge is 0.398 e. The molecular weight excluding hydrogens is 352 g/mol. The minimum absolute atomic E-state index is 0.371. The molecule has 0 spiro atoms. The number of rotatable bonds is 3. The Balaban J connectivity index is 1.77. The van der Waals surface area contributed by atoms with Crippen LogP contribution in [0.5, 0.6) is 0 Å². The first-order valence-electron chi connectivity index (χ1n) is 7.97. The molecule has 1 saturated heterocycles. The molecule has 25 heavy (non-hydrogen) atoms. The predicted octanol–water partition coefficient (Wildman–Crippen LogP) is 3.63. The topological polar surface area (TPSA) is 91.7 Å². The third-order valence-corrected chi connectivity index (χ3v) is 6.11. The molecule has 126 valence electrons. The lowest BCUT2D eigenvalue weighted by Crippen LogP contribution is -2.17. The fourth-order valence-corrected chi connectivity index (χ4v) is 4.50. The van der Waals surface area contributed by atoms with Crippen LogP contribution < -0.4 is 10.6 Å². The fourth-order valence-electron chi connectivity index (χ4n) is 2.95.